The number of ketones is 1. The van der Waals surface area contributed by atoms with Gasteiger partial charge in [-0.1, -0.05) is 17.7 Å². The van der Waals surface area contributed by atoms with E-state index in [9.17, 15) is 14.4 Å². The Hall–Kier alpha value is -3.02. The summed E-state index contributed by atoms with van der Waals surface area (Å²) >= 11 is 0. The SMILES string of the molecule is CCOC(=O)C1(C(=O)OCC)Cc2cc(C(=O)c3c(C)cc(C)cc3C)nc(C)c2C1. The Bertz CT molecular complexity index is 1030. The van der Waals surface area contributed by atoms with Crippen molar-refractivity contribution in [1.82, 2.24) is 4.98 Å². The number of carbonyl (C=O) groups excluding carboxylic acids is 3. The highest BCUT2D eigenvalue weighted by Crippen LogP contribution is 2.41. The number of benzene rings is 1. The van der Waals surface area contributed by atoms with E-state index in [4.69, 9.17) is 9.47 Å². The van der Waals surface area contributed by atoms with Crippen molar-refractivity contribution in [3.63, 3.8) is 0 Å². The molecule has 0 unspecified atom stereocenters. The third-order valence-electron chi connectivity index (χ3n) is 5.86. The average Bonchev–Trinajstić information content (AvgIpc) is 3.09. The lowest BCUT2D eigenvalue weighted by Gasteiger charge is -2.24. The van der Waals surface area contributed by atoms with E-state index in [-0.39, 0.29) is 31.8 Å². The van der Waals surface area contributed by atoms with Crippen molar-refractivity contribution in [2.75, 3.05) is 13.2 Å². The van der Waals surface area contributed by atoms with Gasteiger partial charge >= 0.3 is 11.9 Å². The zero-order chi connectivity index (χ0) is 22.9. The molecule has 164 valence electrons. The maximum Gasteiger partial charge on any atom is 0.324 e. The van der Waals surface area contributed by atoms with Crippen LogP contribution in [0.4, 0.5) is 0 Å². The van der Waals surface area contributed by atoms with Crippen molar-refractivity contribution < 1.29 is 23.9 Å². The monoisotopic (exact) mass is 423 g/mol. The molecule has 31 heavy (non-hydrogen) atoms. The molecule has 0 N–H and O–H groups in total. The zero-order valence-electron chi connectivity index (χ0n) is 19.0. The Kier molecular flexibility index (Phi) is 6.30. The fourth-order valence-electron chi connectivity index (χ4n) is 4.55. The summed E-state index contributed by atoms with van der Waals surface area (Å²) < 4.78 is 10.5. The molecular weight excluding hydrogens is 394 g/mol. The molecule has 1 aromatic heterocycles. The summed E-state index contributed by atoms with van der Waals surface area (Å²) in [7, 11) is 0. The van der Waals surface area contributed by atoms with Crippen LogP contribution in [0, 0.1) is 33.1 Å². The van der Waals surface area contributed by atoms with Gasteiger partial charge in [-0.15, -0.1) is 0 Å². The highest BCUT2D eigenvalue weighted by molar-refractivity contribution is 6.10. The van der Waals surface area contributed by atoms with E-state index >= 15 is 0 Å². The standard InChI is InChI=1S/C25H29NO5/c1-7-30-23(28)25(24(29)31-8-2)12-18-11-20(26-17(6)19(18)13-25)22(27)21-15(4)9-14(3)10-16(21)5/h9-11H,7-8,12-13H2,1-6H3. The predicted octanol–water partition coefficient (Wildman–Crippen LogP) is 3.76. The van der Waals surface area contributed by atoms with Crippen molar-refractivity contribution >= 4 is 17.7 Å². The number of aryl methyl sites for hydroxylation is 4. The smallest absolute Gasteiger partial charge is 0.324 e. The Morgan fingerprint density at radius 1 is 0.903 bits per heavy atom. The summed E-state index contributed by atoms with van der Waals surface area (Å²) in [6.45, 7) is 11.4. The first-order valence-corrected chi connectivity index (χ1v) is 10.6. The van der Waals surface area contributed by atoms with E-state index in [0.717, 1.165) is 27.8 Å². The van der Waals surface area contributed by atoms with Gasteiger partial charge in [-0.05, 0) is 76.3 Å². The number of aromatic nitrogens is 1. The second-order valence-corrected chi connectivity index (χ2v) is 8.21. The maximum absolute atomic E-state index is 13.3. The van der Waals surface area contributed by atoms with Gasteiger partial charge in [0.1, 0.15) is 5.69 Å². The lowest BCUT2D eigenvalue weighted by atomic mass is 9.84. The summed E-state index contributed by atoms with van der Waals surface area (Å²) in [6, 6.07) is 5.67. The van der Waals surface area contributed by atoms with Crippen LogP contribution in [-0.4, -0.2) is 35.9 Å². The van der Waals surface area contributed by atoms with Gasteiger partial charge in [0, 0.05) is 17.7 Å². The highest BCUT2D eigenvalue weighted by atomic mass is 16.6. The minimum Gasteiger partial charge on any atom is -0.465 e. The van der Waals surface area contributed by atoms with Crippen LogP contribution in [0.2, 0.25) is 0 Å². The van der Waals surface area contributed by atoms with E-state index in [1.807, 2.05) is 32.9 Å². The van der Waals surface area contributed by atoms with E-state index < -0.39 is 17.4 Å². The van der Waals surface area contributed by atoms with E-state index in [1.54, 1.807) is 26.8 Å². The molecule has 0 bridgehead atoms. The topological polar surface area (TPSA) is 82.6 Å². The van der Waals surface area contributed by atoms with Crippen molar-refractivity contribution in [3.8, 4) is 0 Å². The first-order valence-electron chi connectivity index (χ1n) is 10.6. The zero-order valence-corrected chi connectivity index (χ0v) is 19.0. The largest absolute Gasteiger partial charge is 0.465 e. The van der Waals surface area contributed by atoms with Crippen LogP contribution in [-0.2, 0) is 31.9 Å². The van der Waals surface area contributed by atoms with Crippen molar-refractivity contribution in [1.29, 1.82) is 0 Å². The van der Waals surface area contributed by atoms with E-state index in [2.05, 4.69) is 4.98 Å². The molecule has 0 amide bonds. The minimum absolute atomic E-state index is 0.134. The minimum atomic E-state index is -1.43. The number of ether oxygens (including phenoxy) is 2. The first kappa shape index (κ1) is 22.7. The van der Waals surface area contributed by atoms with Crippen LogP contribution in [0.15, 0.2) is 18.2 Å². The molecule has 1 aliphatic rings. The van der Waals surface area contributed by atoms with Gasteiger partial charge in [0.05, 0.1) is 13.2 Å². The normalized spacial score (nSPS) is 14.1. The molecular formula is C25H29NO5. The molecule has 0 atom stereocenters. The molecule has 1 heterocycles. The van der Waals surface area contributed by atoms with Gasteiger partial charge in [0.2, 0.25) is 5.78 Å². The van der Waals surface area contributed by atoms with Crippen LogP contribution >= 0.6 is 0 Å². The van der Waals surface area contributed by atoms with E-state index in [0.29, 0.717) is 17.0 Å². The Labute approximate surface area is 183 Å². The Morgan fingerprint density at radius 2 is 1.45 bits per heavy atom. The van der Waals surface area contributed by atoms with Crippen LogP contribution < -0.4 is 0 Å². The first-order chi connectivity index (χ1) is 14.6. The number of esters is 2. The fraction of sp³-hybridized carbons (Fsp3) is 0.440. The molecule has 1 aliphatic carbocycles. The van der Waals surface area contributed by atoms with Gasteiger partial charge in [0.15, 0.2) is 5.41 Å². The summed E-state index contributed by atoms with van der Waals surface area (Å²) in [5, 5.41) is 0. The Balaban J connectivity index is 2.05. The van der Waals surface area contributed by atoms with Crippen molar-refractivity contribution in [2.45, 2.75) is 54.4 Å². The molecule has 0 saturated carbocycles. The molecule has 1 aromatic carbocycles. The second kappa shape index (κ2) is 8.61. The average molecular weight is 424 g/mol. The number of rotatable bonds is 6. The van der Waals surface area contributed by atoms with Crippen LogP contribution in [0.3, 0.4) is 0 Å². The lowest BCUT2D eigenvalue weighted by molar-refractivity contribution is -0.171. The molecule has 0 fully saturated rings. The number of hydrogen-bond donors (Lipinski definition) is 0. The van der Waals surface area contributed by atoms with Gasteiger partial charge < -0.3 is 9.47 Å². The molecule has 0 radical (unpaired) electrons. The molecule has 3 rings (SSSR count). The molecule has 2 aromatic rings. The molecule has 6 heteroatoms. The van der Waals surface area contributed by atoms with Crippen LogP contribution in [0.25, 0.3) is 0 Å². The van der Waals surface area contributed by atoms with Crippen molar-refractivity contribution in [2.24, 2.45) is 5.41 Å². The number of nitrogens with zero attached hydrogens (tertiary/aromatic N) is 1. The predicted molar refractivity (Wildman–Crippen MR) is 116 cm³/mol. The Morgan fingerprint density at radius 3 is 1.97 bits per heavy atom. The van der Waals surface area contributed by atoms with Gasteiger partial charge in [0.25, 0.3) is 0 Å². The van der Waals surface area contributed by atoms with Crippen LogP contribution in [0.1, 0.15) is 63.4 Å². The number of fused-ring (bicyclic) bond motifs is 1. The van der Waals surface area contributed by atoms with Gasteiger partial charge in [-0.25, -0.2) is 4.98 Å². The summed E-state index contributed by atoms with van der Waals surface area (Å²) in [6.07, 6.45) is 0.297. The number of carbonyl (C=O) groups is 3. The third kappa shape index (κ3) is 3.99. The quantitative estimate of drug-likeness (QED) is 0.400. The summed E-state index contributed by atoms with van der Waals surface area (Å²) in [5.74, 6) is -1.35. The fourth-order valence-corrected chi connectivity index (χ4v) is 4.55. The number of pyridine rings is 1. The number of hydrogen-bond acceptors (Lipinski definition) is 6. The second-order valence-electron chi connectivity index (χ2n) is 8.21. The molecule has 0 aliphatic heterocycles. The third-order valence-corrected chi connectivity index (χ3v) is 5.86. The van der Waals surface area contributed by atoms with Crippen molar-refractivity contribution in [3.05, 3.63) is 63.0 Å². The molecule has 0 spiro atoms. The summed E-state index contributed by atoms with van der Waals surface area (Å²) in [5.41, 5.74) is 4.61. The summed E-state index contributed by atoms with van der Waals surface area (Å²) in [4.78, 5) is 43.5. The maximum atomic E-state index is 13.3. The van der Waals surface area contributed by atoms with Gasteiger partial charge in [-0.3, -0.25) is 14.4 Å². The van der Waals surface area contributed by atoms with Crippen LogP contribution in [0.5, 0.6) is 0 Å². The van der Waals surface area contributed by atoms with E-state index in [1.165, 1.54) is 0 Å². The lowest BCUT2D eigenvalue weighted by Crippen LogP contribution is -2.43. The molecule has 0 saturated heterocycles. The highest BCUT2D eigenvalue weighted by Gasteiger charge is 2.53. The van der Waals surface area contributed by atoms with Gasteiger partial charge in [-0.2, -0.15) is 0 Å². The molecule has 6 nitrogen and oxygen atoms in total.